The Labute approximate surface area is 113 Å². The summed E-state index contributed by atoms with van der Waals surface area (Å²) in [4.78, 5) is 17.9. The van der Waals surface area contributed by atoms with Gasteiger partial charge in [0.1, 0.15) is 5.82 Å². The van der Waals surface area contributed by atoms with E-state index >= 15 is 0 Å². The van der Waals surface area contributed by atoms with Crippen LogP contribution in [-0.4, -0.2) is 42.0 Å². The van der Waals surface area contributed by atoms with E-state index < -0.39 is 5.91 Å². The molecule has 0 aliphatic carbocycles. The summed E-state index contributed by atoms with van der Waals surface area (Å²) >= 11 is 0. The van der Waals surface area contributed by atoms with Crippen molar-refractivity contribution in [2.75, 3.05) is 31.2 Å². The number of pyridine rings is 1. The Balaban J connectivity index is 2.17. The molecule has 1 aliphatic rings. The van der Waals surface area contributed by atoms with Crippen molar-refractivity contribution >= 4 is 17.4 Å². The summed E-state index contributed by atoms with van der Waals surface area (Å²) in [7, 11) is 2.11. The van der Waals surface area contributed by atoms with Crippen molar-refractivity contribution in [1.29, 1.82) is 0 Å². The van der Waals surface area contributed by atoms with Crippen molar-refractivity contribution in [2.24, 2.45) is 11.7 Å². The summed E-state index contributed by atoms with van der Waals surface area (Å²) in [6.45, 7) is 4.25. The van der Waals surface area contributed by atoms with E-state index in [0.29, 0.717) is 29.0 Å². The molecule has 1 aliphatic heterocycles. The van der Waals surface area contributed by atoms with Gasteiger partial charge in [-0.05, 0) is 32.0 Å². The Kier molecular flexibility index (Phi) is 3.90. The van der Waals surface area contributed by atoms with Gasteiger partial charge in [-0.15, -0.1) is 0 Å². The quantitative estimate of drug-likeness (QED) is 0.738. The van der Waals surface area contributed by atoms with Crippen LogP contribution in [0.5, 0.6) is 0 Å². The molecule has 2 atom stereocenters. The van der Waals surface area contributed by atoms with Gasteiger partial charge >= 0.3 is 0 Å². The van der Waals surface area contributed by atoms with E-state index in [1.165, 1.54) is 6.20 Å². The first kappa shape index (κ1) is 13.6. The van der Waals surface area contributed by atoms with Crippen molar-refractivity contribution in [2.45, 2.75) is 19.4 Å². The number of hydrogen-bond donors (Lipinski definition) is 3. The number of rotatable bonds is 3. The molecule has 2 unspecified atom stereocenters. The highest BCUT2D eigenvalue weighted by Crippen LogP contribution is 2.22. The summed E-state index contributed by atoms with van der Waals surface area (Å²) < 4.78 is 0. The standard InChI is InChI=1S/C13H21N5O/c1-8-7-18(2)4-3-11(8)17-13-10(12(15)19)5-9(14)6-16-13/h5-6,8,11H,3-4,7,14H2,1-2H3,(H2,15,19)(H,16,17). The van der Waals surface area contributed by atoms with Gasteiger partial charge in [-0.1, -0.05) is 6.92 Å². The minimum Gasteiger partial charge on any atom is -0.397 e. The molecule has 2 heterocycles. The fourth-order valence-corrected chi connectivity index (χ4v) is 2.53. The molecule has 104 valence electrons. The van der Waals surface area contributed by atoms with Gasteiger partial charge in [-0.25, -0.2) is 4.98 Å². The van der Waals surface area contributed by atoms with Gasteiger partial charge in [0.05, 0.1) is 17.4 Å². The normalized spacial score (nSPS) is 24.1. The smallest absolute Gasteiger partial charge is 0.252 e. The summed E-state index contributed by atoms with van der Waals surface area (Å²) in [6, 6.07) is 1.86. The van der Waals surface area contributed by atoms with E-state index in [4.69, 9.17) is 11.5 Å². The molecule has 0 aromatic carbocycles. The molecule has 19 heavy (non-hydrogen) atoms. The molecule has 0 radical (unpaired) electrons. The van der Waals surface area contributed by atoms with Gasteiger partial charge in [0.2, 0.25) is 0 Å². The number of primary amides is 1. The van der Waals surface area contributed by atoms with Crippen molar-refractivity contribution in [3.8, 4) is 0 Å². The first-order valence-electron chi connectivity index (χ1n) is 6.47. The van der Waals surface area contributed by atoms with Crippen LogP contribution in [0.1, 0.15) is 23.7 Å². The maximum Gasteiger partial charge on any atom is 0.252 e. The number of anilines is 2. The Morgan fingerprint density at radius 3 is 2.95 bits per heavy atom. The lowest BCUT2D eigenvalue weighted by Crippen LogP contribution is -2.43. The molecule has 5 N–H and O–H groups in total. The zero-order chi connectivity index (χ0) is 14.0. The third kappa shape index (κ3) is 3.14. The van der Waals surface area contributed by atoms with Crippen LogP contribution in [0, 0.1) is 5.92 Å². The second-order valence-corrected chi connectivity index (χ2v) is 5.31. The van der Waals surface area contributed by atoms with Crippen LogP contribution in [0.4, 0.5) is 11.5 Å². The molecule has 0 saturated carbocycles. The largest absolute Gasteiger partial charge is 0.397 e. The number of nitrogens with two attached hydrogens (primary N) is 2. The predicted octanol–water partition coefficient (Wildman–Crippen LogP) is 0.515. The molecular weight excluding hydrogens is 242 g/mol. The predicted molar refractivity (Wildman–Crippen MR) is 75.9 cm³/mol. The highest BCUT2D eigenvalue weighted by Gasteiger charge is 2.25. The summed E-state index contributed by atoms with van der Waals surface area (Å²) in [5.74, 6) is 0.504. The number of hydrogen-bond acceptors (Lipinski definition) is 5. The lowest BCUT2D eigenvalue weighted by Gasteiger charge is -2.35. The molecular formula is C13H21N5O. The van der Waals surface area contributed by atoms with Crippen LogP contribution in [0.3, 0.4) is 0 Å². The molecule has 1 aromatic rings. The van der Waals surface area contributed by atoms with Crippen molar-refractivity contribution < 1.29 is 4.79 Å². The first-order valence-corrected chi connectivity index (χ1v) is 6.47. The van der Waals surface area contributed by atoms with E-state index in [-0.39, 0.29) is 0 Å². The summed E-state index contributed by atoms with van der Waals surface area (Å²) in [5.41, 5.74) is 11.8. The van der Waals surface area contributed by atoms with Gasteiger partial charge in [-0.2, -0.15) is 0 Å². The highest BCUT2D eigenvalue weighted by molar-refractivity contribution is 5.98. The minimum absolute atomic E-state index is 0.297. The van der Waals surface area contributed by atoms with Crippen LogP contribution >= 0.6 is 0 Å². The Morgan fingerprint density at radius 2 is 2.32 bits per heavy atom. The van der Waals surface area contributed by atoms with Gasteiger partial charge in [0.15, 0.2) is 0 Å². The number of carbonyl (C=O) groups is 1. The minimum atomic E-state index is -0.511. The van der Waals surface area contributed by atoms with E-state index in [9.17, 15) is 4.79 Å². The number of amides is 1. The summed E-state index contributed by atoms with van der Waals surface area (Å²) in [6.07, 6.45) is 2.55. The van der Waals surface area contributed by atoms with Crippen molar-refractivity contribution in [3.63, 3.8) is 0 Å². The maximum atomic E-state index is 11.4. The lowest BCUT2D eigenvalue weighted by molar-refractivity contribution is 0.100. The topological polar surface area (TPSA) is 97.3 Å². The number of likely N-dealkylation sites (tertiary alicyclic amines) is 1. The van der Waals surface area contributed by atoms with Crippen LogP contribution in [0.15, 0.2) is 12.3 Å². The molecule has 1 aromatic heterocycles. The van der Waals surface area contributed by atoms with E-state index in [1.54, 1.807) is 6.07 Å². The number of piperidine rings is 1. The molecule has 1 amide bonds. The van der Waals surface area contributed by atoms with Crippen molar-refractivity contribution in [1.82, 2.24) is 9.88 Å². The molecule has 6 nitrogen and oxygen atoms in total. The number of nitrogens with zero attached hydrogens (tertiary/aromatic N) is 2. The van der Waals surface area contributed by atoms with Crippen LogP contribution in [0.2, 0.25) is 0 Å². The molecule has 2 rings (SSSR count). The first-order chi connectivity index (χ1) is 8.97. The van der Waals surface area contributed by atoms with Crippen LogP contribution in [-0.2, 0) is 0 Å². The molecule has 1 fully saturated rings. The zero-order valence-corrected chi connectivity index (χ0v) is 11.4. The zero-order valence-electron chi connectivity index (χ0n) is 11.4. The van der Waals surface area contributed by atoms with Gasteiger partial charge < -0.3 is 21.7 Å². The molecule has 0 spiro atoms. The third-order valence-corrected chi connectivity index (χ3v) is 3.60. The van der Waals surface area contributed by atoms with Gasteiger partial charge in [-0.3, -0.25) is 4.79 Å². The molecule has 0 bridgehead atoms. The van der Waals surface area contributed by atoms with Crippen molar-refractivity contribution in [3.05, 3.63) is 17.8 Å². The lowest BCUT2D eigenvalue weighted by atomic mass is 9.94. The molecule has 1 saturated heterocycles. The fourth-order valence-electron chi connectivity index (χ4n) is 2.53. The maximum absolute atomic E-state index is 11.4. The Morgan fingerprint density at radius 1 is 1.58 bits per heavy atom. The number of aromatic nitrogens is 1. The number of carbonyl (C=O) groups excluding carboxylic acids is 1. The monoisotopic (exact) mass is 263 g/mol. The number of nitrogen functional groups attached to an aromatic ring is 1. The second-order valence-electron chi connectivity index (χ2n) is 5.31. The summed E-state index contributed by atoms with van der Waals surface area (Å²) in [5, 5.41) is 3.33. The SMILES string of the molecule is CC1CN(C)CCC1Nc1ncc(N)cc1C(N)=O. The van der Waals surface area contributed by atoms with Crippen LogP contribution < -0.4 is 16.8 Å². The van der Waals surface area contributed by atoms with Gasteiger partial charge in [0.25, 0.3) is 5.91 Å². The number of nitrogens with one attached hydrogen (secondary N) is 1. The van der Waals surface area contributed by atoms with Crippen LogP contribution in [0.25, 0.3) is 0 Å². The van der Waals surface area contributed by atoms with E-state index in [2.05, 4.69) is 29.2 Å². The third-order valence-electron chi connectivity index (χ3n) is 3.60. The average molecular weight is 263 g/mol. The molecule has 6 heteroatoms. The highest BCUT2D eigenvalue weighted by atomic mass is 16.1. The Hall–Kier alpha value is -1.82. The Bertz CT molecular complexity index is 476. The second kappa shape index (κ2) is 5.44. The van der Waals surface area contributed by atoms with E-state index in [0.717, 1.165) is 19.5 Å². The van der Waals surface area contributed by atoms with E-state index in [1.807, 2.05) is 0 Å². The van der Waals surface area contributed by atoms with Gasteiger partial charge in [0, 0.05) is 12.6 Å². The fraction of sp³-hybridized carbons (Fsp3) is 0.538. The average Bonchev–Trinajstić information content (AvgIpc) is 2.34.